The lowest BCUT2D eigenvalue weighted by Gasteiger charge is -2.05. The third-order valence-electron chi connectivity index (χ3n) is 3.81. The van der Waals surface area contributed by atoms with Gasteiger partial charge in [0.1, 0.15) is 5.75 Å². The number of ether oxygens (including phenoxy) is 1. The van der Waals surface area contributed by atoms with Crippen molar-refractivity contribution in [2.75, 3.05) is 6.61 Å². The van der Waals surface area contributed by atoms with E-state index >= 15 is 0 Å². The second-order valence-corrected chi connectivity index (χ2v) is 6.03. The van der Waals surface area contributed by atoms with Crippen LogP contribution in [0.2, 0.25) is 0 Å². The molecule has 0 unspecified atom stereocenters. The Balaban J connectivity index is 1.73. The van der Waals surface area contributed by atoms with Gasteiger partial charge >= 0.3 is 5.91 Å². The fourth-order valence-electron chi connectivity index (χ4n) is 2.73. The summed E-state index contributed by atoms with van der Waals surface area (Å²) in [6.07, 6.45) is 0. The van der Waals surface area contributed by atoms with Gasteiger partial charge in [-0.1, -0.05) is 24.3 Å². The number of aryl methyl sites for hydroxylation is 3. The largest absolute Gasteiger partial charge is 0.493 e. The number of aromatic amines is 1. The maximum absolute atomic E-state index is 11.9. The number of benzene rings is 2. The van der Waals surface area contributed by atoms with Gasteiger partial charge in [-0.25, -0.2) is 0 Å². The minimum absolute atomic E-state index is 0.115. The molecule has 6 nitrogen and oxygen atoms in total. The number of aromatic nitrogens is 1. The number of carbonyl (C=O) groups is 1. The molecule has 0 saturated heterocycles. The smallest absolute Gasteiger partial charge is 0.302 e. The quantitative estimate of drug-likeness (QED) is 0.688. The molecule has 3 rings (SSSR count). The number of hydrogen-bond donors (Lipinski definition) is 2. The lowest BCUT2D eigenvalue weighted by Crippen LogP contribution is -2.08. The molecule has 1 aromatic heterocycles. The first kappa shape index (κ1) is 16.7. The first-order valence-corrected chi connectivity index (χ1v) is 7.90. The minimum atomic E-state index is -0.527. The Morgan fingerprint density at radius 2 is 1.88 bits per heavy atom. The van der Waals surface area contributed by atoms with Crippen molar-refractivity contribution in [1.29, 1.82) is 0 Å². The predicted octanol–water partition coefficient (Wildman–Crippen LogP) is 4.49. The van der Waals surface area contributed by atoms with E-state index in [4.69, 9.17) is 4.74 Å². The highest BCUT2D eigenvalue weighted by Gasteiger charge is 2.12. The van der Waals surface area contributed by atoms with Gasteiger partial charge in [0.15, 0.2) is 12.3 Å². The average molecular weight is 337 g/mol. The van der Waals surface area contributed by atoms with Gasteiger partial charge in [-0.2, -0.15) is 0 Å². The summed E-state index contributed by atoms with van der Waals surface area (Å²) >= 11 is 0. The molecule has 0 bridgehead atoms. The van der Waals surface area contributed by atoms with Gasteiger partial charge in [0.2, 0.25) is 5.88 Å². The Bertz CT molecular complexity index is 953. The Morgan fingerprint density at radius 1 is 1.16 bits per heavy atom. The number of carbonyl (C=O) groups excluding carboxylic acids is 1. The van der Waals surface area contributed by atoms with Gasteiger partial charge < -0.3 is 14.8 Å². The summed E-state index contributed by atoms with van der Waals surface area (Å²) in [4.78, 5) is 14.8. The lowest BCUT2D eigenvalue weighted by molar-refractivity contribution is -0.120. The molecule has 3 aromatic rings. The van der Waals surface area contributed by atoms with Crippen LogP contribution in [0, 0.1) is 20.8 Å². The van der Waals surface area contributed by atoms with E-state index in [1.54, 1.807) is 0 Å². The summed E-state index contributed by atoms with van der Waals surface area (Å²) in [6.45, 7) is 5.63. The molecule has 0 atom stereocenters. The highest BCUT2D eigenvalue weighted by Crippen LogP contribution is 2.36. The van der Waals surface area contributed by atoms with Crippen molar-refractivity contribution in [3.63, 3.8) is 0 Å². The average Bonchev–Trinajstić information content (AvgIpc) is 2.87. The SMILES string of the molecule is Cc1cc(C)cc(OCC(=O)N=Nc2c(O)[nH]c3c(C)cccc23)c1. The number of amides is 1. The van der Waals surface area contributed by atoms with Crippen LogP contribution in [0.3, 0.4) is 0 Å². The normalized spacial score (nSPS) is 11.3. The van der Waals surface area contributed by atoms with Gasteiger partial charge in [-0.3, -0.25) is 4.79 Å². The van der Waals surface area contributed by atoms with Crippen LogP contribution in [-0.2, 0) is 4.79 Å². The van der Waals surface area contributed by atoms with Crippen LogP contribution in [0.15, 0.2) is 46.6 Å². The molecular weight excluding hydrogens is 318 g/mol. The zero-order valence-electron chi connectivity index (χ0n) is 14.3. The number of nitrogens with one attached hydrogen (secondary N) is 1. The number of para-hydroxylation sites is 1. The third-order valence-corrected chi connectivity index (χ3v) is 3.81. The molecule has 0 spiro atoms. The van der Waals surface area contributed by atoms with Crippen LogP contribution in [-0.4, -0.2) is 22.6 Å². The van der Waals surface area contributed by atoms with Crippen molar-refractivity contribution in [2.45, 2.75) is 20.8 Å². The number of H-pyrrole nitrogens is 1. The Hall–Kier alpha value is -3.15. The summed E-state index contributed by atoms with van der Waals surface area (Å²) in [5.41, 5.74) is 4.11. The molecule has 0 aliphatic heterocycles. The van der Waals surface area contributed by atoms with E-state index in [-0.39, 0.29) is 18.2 Å². The fourth-order valence-corrected chi connectivity index (χ4v) is 2.73. The second-order valence-electron chi connectivity index (χ2n) is 6.03. The van der Waals surface area contributed by atoms with Gasteiger partial charge in [-0.05, 0) is 49.6 Å². The Kier molecular flexibility index (Phi) is 4.52. The van der Waals surface area contributed by atoms with E-state index in [0.717, 1.165) is 22.2 Å². The maximum Gasteiger partial charge on any atom is 0.302 e. The van der Waals surface area contributed by atoms with Crippen LogP contribution in [0.5, 0.6) is 11.6 Å². The number of aromatic hydroxyl groups is 1. The van der Waals surface area contributed by atoms with E-state index in [9.17, 15) is 9.90 Å². The fraction of sp³-hybridized carbons (Fsp3) is 0.211. The van der Waals surface area contributed by atoms with Crippen molar-refractivity contribution >= 4 is 22.5 Å². The molecule has 0 radical (unpaired) electrons. The predicted molar refractivity (Wildman–Crippen MR) is 95.6 cm³/mol. The zero-order valence-corrected chi connectivity index (χ0v) is 14.3. The summed E-state index contributed by atoms with van der Waals surface area (Å²) in [5, 5.41) is 18.2. The topological polar surface area (TPSA) is 87.0 Å². The van der Waals surface area contributed by atoms with E-state index in [2.05, 4.69) is 15.2 Å². The molecule has 0 aliphatic rings. The first-order valence-electron chi connectivity index (χ1n) is 7.90. The van der Waals surface area contributed by atoms with Crippen LogP contribution in [0.25, 0.3) is 10.9 Å². The molecule has 0 aliphatic carbocycles. The van der Waals surface area contributed by atoms with Gasteiger partial charge in [0, 0.05) is 5.39 Å². The Labute approximate surface area is 145 Å². The van der Waals surface area contributed by atoms with Crippen LogP contribution in [0.1, 0.15) is 16.7 Å². The molecule has 0 fully saturated rings. The van der Waals surface area contributed by atoms with E-state index in [1.807, 2.05) is 57.2 Å². The second kappa shape index (κ2) is 6.76. The van der Waals surface area contributed by atoms with Crippen LogP contribution in [0.4, 0.5) is 5.69 Å². The van der Waals surface area contributed by atoms with Crippen LogP contribution >= 0.6 is 0 Å². The molecule has 2 N–H and O–H groups in total. The van der Waals surface area contributed by atoms with E-state index in [1.165, 1.54) is 0 Å². The highest BCUT2D eigenvalue weighted by molar-refractivity contribution is 5.96. The number of azo groups is 1. The molecule has 0 saturated carbocycles. The summed E-state index contributed by atoms with van der Waals surface area (Å²) in [5.74, 6) is -0.0248. The monoisotopic (exact) mass is 337 g/mol. The zero-order chi connectivity index (χ0) is 18.0. The van der Waals surface area contributed by atoms with Gasteiger partial charge in [-0.15, -0.1) is 10.2 Å². The molecule has 25 heavy (non-hydrogen) atoms. The van der Waals surface area contributed by atoms with E-state index in [0.29, 0.717) is 11.1 Å². The first-order chi connectivity index (χ1) is 11.9. The molecule has 2 aromatic carbocycles. The van der Waals surface area contributed by atoms with Crippen molar-refractivity contribution in [2.24, 2.45) is 10.2 Å². The lowest BCUT2D eigenvalue weighted by atomic mass is 10.1. The summed E-state index contributed by atoms with van der Waals surface area (Å²) in [7, 11) is 0. The molecular formula is C19H19N3O3. The van der Waals surface area contributed by atoms with Gasteiger partial charge in [0.05, 0.1) is 5.52 Å². The molecule has 128 valence electrons. The minimum Gasteiger partial charge on any atom is -0.493 e. The number of nitrogens with zero attached hydrogens (tertiary/aromatic N) is 2. The number of rotatable bonds is 4. The van der Waals surface area contributed by atoms with Crippen molar-refractivity contribution in [1.82, 2.24) is 4.98 Å². The number of hydrogen-bond acceptors (Lipinski definition) is 4. The summed E-state index contributed by atoms with van der Waals surface area (Å²) in [6, 6.07) is 11.3. The molecule has 1 heterocycles. The van der Waals surface area contributed by atoms with Crippen molar-refractivity contribution in [3.05, 3.63) is 53.1 Å². The maximum atomic E-state index is 11.9. The Morgan fingerprint density at radius 3 is 2.60 bits per heavy atom. The van der Waals surface area contributed by atoms with Crippen LogP contribution < -0.4 is 4.74 Å². The van der Waals surface area contributed by atoms with Gasteiger partial charge in [0.25, 0.3) is 0 Å². The van der Waals surface area contributed by atoms with Crippen molar-refractivity contribution < 1.29 is 14.6 Å². The standard InChI is InChI=1S/C19H19N3O3/c1-11-7-12(2)9-14(8-11)25-10-16(23)21-22-18-15-6-4-5-13(3)17(15)20-19(18)24/h4-9,20,24H,10H2,1-3H3. The molecule has 1 amide bonds. The number of fused-ring (bicyclic) bond motifs is 1. The third kappa shape index (κ3) is 3.68. The molecule has 6 heteroatoms. The van der Waals surface area contributed by atoms with Crippen molar-refractivity contribution in [3.8, 4) is 11.6 Å². The highest BCUT2D eigenvalue weighted by atomic mass is 16.5. The summed E-state index contributed by atoms with van der Waals surface area (Å²) < 4.78 is 5.46. The van der Waals surface area contributed by atoms with E-state index < -0.39 is 5.91 Å².